The SMILES string of the molecule is C[CH2][Pd][CH2]C.c1ccc(-c2ccccn2)nc1. The van der Waals surface area contributed by atoms with E-state index in [-0.39, 0.29) is 0 Å². The monoisotopic (exact) mass is 320 g/mol. The van der Waals surface area contributed by atoms with Gasteiger partial charge in [-0.2, -0.15) is 0 Å². The number of rotatable bonds is 3. The fourth-order valence-corrected chi connectivity index (χ4v) is 1.96. The molecule has 2 aromatic rings. The topological polar surface area (TPSA) is 25.8 Å². The van der Waals surface area contributed by atoms with Gasteiger partial charge < -0.3 is 0 Å². The Labute approximate surface area is 112 Å². The Kier molecular flexibility index (Phi) is 7.46. The first-order valence-electron chi connectivity index (χ1n) is 5.65. The van der Waals surface area contributed by atoms with Crippen molar-refractivity contribution in [2.24, 2.45) is 0 Å². The zero-order chi connectivity index (χ0) is 12.3. The molecular formula is C14H18N2Pd. The minimum atomic E-state index is 0.915. The maximum Gasteiger partial charge on any atom is 0.0886 e. The van der Waals surface area contributed by atoms with Gasteiger partial charge in [0.1, 0.15) is 0 Å². The Morgan fingerprint density at radius 1 is 0.824 bits per heavy atom. The molecule has 94 valence electrons. The average Bonchev–Trinajstić information content (AvgIpc) is 2.42. The van der Waals surface area contributed by atoms with Gasteiger partial charge >= 0.3 is 41.6 Å². The molecule has 2 nitrogen and oxygen atoms in total. The van der Waals surface area contributed by atoms with Crippen LogP contribution in [0.3, 0.4) is 0 Å². The van der Waals surface area contributed by atoms with Crippen LogP contribution in [0.25, 0.3) is 11.4 Å². The summed E-state index contributed by atoms with van der Waals surface area (Å²) in [6, 6.07) is 11.6. The molecule has 0 aliphatic heterocycles. The molecule has 0 unspecified atom stereocenters. The van der Waals surface area contributed by atoms with E-state index in [1.807, 2.05) is 36.4 Å². The van der Waals surface area contributed by atoms with E-state index >= 15 is 0 Å². The van der Waals surface area contributed by atoms with Crippen molar-refractivity contribution in [2.75, 3.05) is 0 Å². The van der Waals surface area contributed by atoms with Crippen molar-refractivity contribution in [1.82, 2.24) is 9.97 Å². The van der Waals surface area contributed by atoms with Crippen molar-refractivity contribution in [3.05, 3.63) is 48.8 Å². The van der Waals surface area contributed by atoms with E-state index in [2.05, 4.69) is 23.8 Å². The number of hydrogen-bond acceptors (Lipinski definition) is 2. The van der Waals surface area contributed by atoms with Crippen molar-refractivity contribution in [2.45, 2.75) is 23.6 Å². The third-order valence-corrected chi connectivity index (χ3v) is 3.46. The van der Waals surface area contributed by atoms with E-state index in [0.717, 1.165) is 29.4 Å². The summed E-state index contributed by atoms with van der Waals surface area (Å²) in [6.07, 6.45) is 3.54. The summed E-state index contributed by atoms with van der Waals surface area (Å²) < 4.78 is 0. The summed E-state index contributed by atoms with van der Waals surface area (Å²) in [5.41, 5.74) is 1.83. The van der Waals surface area contributed by atoms with Crippen LogP contribution in [0.15, 0.2) is 48.8 Å². The van der Waals surface area contributed by atoms with Gasteiger partial charge in [-0.25, -0.2) is 0 Å². The second-order valence-corrected chi connectivity index (χ2v) is 6.01. The van der Waals surface area contributed by atoms with Crippen LogP contribution < -0.4 is 0 Å². The van der Waals surface area contributed by atoms with Gasteiger partial charge in [0.15, 0.2) is 0 Å². The molecule has 2 heterocycles. The molecule has 3 heteroatoms. The Balaban J connectivity index is 0.000000249. The Morgan fingerprint density at radius 2 is 1.29 bits per heavy atom. The van der Waals surface area contributed by atoms with Crippen LogP contribution in [-0.2, 0) is 18.0 Å². The predicted octanol–water partition coefficient (Wildman–Crippen LogP) is 4.09. The quantitative estimate of drug-likeness (QED) is 0.796. The first-order valence-corrected chi connectivity index (χ1v) is 7.85. The molecule has 0 atom stereocenters. The van der Waals surface area contributed by atoms with Gasteiger partial charge in [0.25, 0.3) is 0 Å². The molecule has 0 amide bonds. The number of aromatic nitrogens is 2. The molecule has 0 fully saturated rings. The molecule has 2 aromatic heterocycles. The van der Waals surface area contributed by atoms with Gasteiger partial charge in [-0.1, -0.05) is 12.1 Å². The molecule has 0 saturated carbocycles. The summed E-state index contributed by atoms with van der Waals surface area (Å²) in [5, 5.41) is 0. The number of hydrogen-bond donors (Lipinski definition) is 0. The molecule has 0 aromatic carbocycles. The molecular weight excluding hydrogens is 303 g/mol. The third kappa shape index (κ3) is 5.72. The second kappa shape index (κ2) is 9.04. The molecule has 17 heavy (non-hydrogen) atoms. The largest absolute Gasteiger partial charge is 0.255 e. The summed E-state index contributed by atoms with van der Waals surface area (Å²) in [7, 11) is 0. The molecule has 0 N–H and O–H groups in total. The van der Waals surface area contributed by atoms with E-state index < -0.39 is 0 Å². The van der Waals surface area contributed by atoms with Crippen LogP contribution in [0.5, 0.6) is 0 Å². The van der Waals surface area contributed by atoms with E-state index in [1.165, 1.54) is 9.79 Å². The first kappa shape index (κ1) is 14.0. The van der Waals surface area contributed by atoms with Gasteiger partial charge in [-0.3, -0.25) is 9.97 Å². The van der Waals surface area contributed by atoms with E-state index in [9.17, 15) is 0 Å². The van der Waals surface area contributed by atoms with E-state index in [4.69, 9.17) is 0 Å². The summed E-state index contributed by atoms with van der Waals surface area (Å²) >= 11 is 1.04. The molecule has 0 saturated heterocycles. The van der Waals surface area contributed by atoms with Gasteiger partial charge in [0.2, 0.25) is 0 Å². The van der Waals surface area contributed by atoms with Gasteiger partial charge in [-0.15, -0.1) is 0 Å². The predicted molar refractivity (Wildman–Crippen MR) is 68.4 cm³/mol. The van der Waals surface area contributed by atoms with Crippen molar-refractivity contribution in [3.8, 4) is 11.4 Å². The molecule has 0 aliphatic carbocycles. The molecule has 0 spiro atoms. The summed E-state index contributed by atoms with van der Waals surface area (Å²) in [6.45, 7) is 4.47. The van der Waals surface area contributed by atoms with Gasteiger partial charge in [0.05, 0.1) is 11.4 Å². The summed E-state index contributed by atoms with van der Waals surface area (Å²) in [4.78, 5) is 11.2. The zero-order valence-electron chi connectivity index (χ0n) is 10.2. The smallest absolute Gasteiger partial charge is 0.0886 e. The molecule has 0 aliphatic rings. The molecule has 2 rings (SSSR count). The van der Waals surface area contributed by atoms with Gasteiger partial charge in [0, 0.05) is 12.4 Å². The first-order chi connectivity index (χ1) is 8.38. The minimum Gasteiger partial charge on any atom is -0.255 e. The second-order valence-electron chi connectivity index (χ2n) is 3.04. The van der Waals surface area contributed by atoms with Crippen molar-refractivity contribution in [3.63, 3.8) is 0 Å². The van der Waals surface area contributed by atoms with Crippen LogP contribution in [-0.4, -0.2) is 9.97 Å². The van der Waals surface area contributed by atoms with E-state index in [0.29, 0.717) is 0 Å². The standard InChI is InChI=1S/C10H8N2.2C2H5.Pd/c1-3-7-11-9(5-1)10-6-2-4-8-12-10;2*1-2;/h1-8H;2*1H2,2H3;. The normalized spacial score (nSPS) is 9.53. The number of nitrogens with zero attached hydrogens (tertiary/aromatic N) is 2. The Morgan fingerprint density at radius 3 is 1.53 bits per heavy atom. The number of pyridine rings is 2. The fourth-order valence-electron chi connectivity index (χ4n) is 1.19. The van der Waals surface area contributed by atoms with Crippen molar-refractivity contribution in [1.29, 1.82) is 0 Å². The molecule has 0 bridgehead atoms. The van der Waals surface area contributed by atoms with E-state index in [1.54, 1.807) is 12.4 Å². The maximum absolute atomic E-state index is 4.19. The maximum atomic E-state index is 4.19. The molecule has 0 radical (unpaired) electrons. The van der Waals surface area contributed by atoms with Crippen LogP contribution in [0.4, 0.5) is 0 Å². The average molecular weight is 321 g/mol. The zero-order valence-corrected chi connectivity index (χ0v) is 11.8. The third-order valence-electron chi connectivity index (χ3n) is 1.91. The summed E-state index contributed by atoms with van der Waals surface area (Å²) in [5.74, 6) is 0. The Hall–Kier alpha value is -1.04. The van der Waals surface area contributed by atoms with Crippen molar-refractivity contribution < 1.29 is 18.0 Å². The van der Waals surface area contributed by atoms with Crippen LogP contribution in [0.2, 0.25) is 9.79 Å². The van der Waals surface area contributed by atoms with Crippen LogP contribution in [0, 0.1) is 0 Å². The fraction of sp³-hybridized carbons (Fsp3) is 0.286. The van der Waals surface area contributed by atoms with Gasteiger partial charge in [-0.05, 0) is 24.3 Å². The van der Waals surface area contributed by atoms with Crippen molar-refractivity contribution >= 4 is 0 Å². The van der Waals surface area contributed by atoms with Crippen LogP contribution in [0.1, 0.15) is 13.8 Å². The minimum absolute atomic E-state index is 0.915. The Bertz CT molecular complexity index is 350. The van der Waals surface area contributed by atoms with Crippen LogP contribution >= 0.6 is 0 Å².